The van der Waals surface area contributed by atoms with Gasteiger partial charge in [-0.3, -0.25) is 9.69 Å². The van der Waals surface area contributed by atoms with Gasteiger partial charge in [0.2, 0.25) is 0 Å². The number of amides is 1. The Morgan fingerprint density at radius 2 is 1.96 bits per heavy atom. The van der Waals surface area contributed by atoms with E-state index in [-0.39, 0.29) is 11.9 Å². The number of nitrogens with one attached hydrogen (secondary N) is 2. The maximum absolute atomic E-state index is 12.7. The van der Waals surface area contributed by atoms with Crippen LogP contribution in [0.25, 0.3) is 11.0 Å². The van der Waals surface area contributed by atoms with Crippen LogP contribution < -0.4 is 10.1 Å². The molecule has 2 heterocycles. The first-order valence-corrected chi connectivity index (χ1v) is 9.84. The molecule has 3 aromatic rings. The van der Waals surface area contributed by atoms with Crippen LogP contribution in [0.15, 0.2) is 48.8 Å². The van der Waals surface area contributed by atoms with Crippen molar-refractivity contribution in [3.63, 3.8) is 0 Å². The first-order chi connectivity index (χ1) is 13.7. The molecule has 28 heavy (non-hydrogen) atoms. The lowest BCUT2D eigenvalue weighted by Crippen LogP contribution is -2.40. The third-order valence-electron chi connectivity index (χ3n) is 5.47. The number of piperidine rings is 1. The van der Waals surface area contributed by atoms with Gasteiger partial charge in [-0.25, -0.2) is 4.98 Å². The number of aromatic nitrogens is 2. The third-order valence-corrected chi connectivity index (χ3v) is 5.47. The molecule has 1 amide bonds. The number of hydrogen-bond donors (Lipinski definition) is 2. The second kappa shape index (κ2) is 8.44. The molecule has 0 bridgehead atoms. The van der Waals surface area contributed by atoms with Gasteiger partial charge in [-0.2, -0.15) is 0 Å². The molecule has 0 unspecified atom stereocenters. The maximum atomic E-state index is 12.7. The lowest BCUT2D eigenvalue weighted by molar-refractivity contribution is 0.0924. The fraction of sp³-hybridized carbons (Fsp3) is 0.364. The van der Waals surface area contributed by atoms with Crippen molar-refractivity contribution in [1.29, 1.82) is 0 Å². The van der Waals surface area contributed by atoms with Gasteiger partial charge in [0.25, 0.3) is 5.91 Å². The van der Waals surface area contributed by atoms with Gasteiger partial charge in [-0.1, -0.05) is 18.6 Å². The van der Waals surface area contributed by atoms with Crippen LogP contribution in [0, 0.1) is 0 Å². The van der Waals surface area contributed by atoms with Crippen molar-refractivity contribution in [3.8, 4) is 5.75 Å². The number of likely N-dealkylation sites (tertiary alicyclic amines) is 1. The smallest absolute Gasteiger partial charge is 0.251 e. The quantitative estimate of drug-likeness (QED) is 0.688. The summed E-state index contributed by atoms with van der Waals surface area (Å²) in [7, 11) is 1.67. The molecule has 1 aliphatic heterocycles. The highest BCUT2D eigenvalue weighted by atomic mass is 16.5. The van der Waals surface area contributed by atoms with E-state index in [1.807, 2.05) is 30.3 Å². The number of carbonyl (C=O) groups is 1. The van der Waals surface area contributed by atoms with Gasteiger partial charge in [0.05, 0.1) is 30.5 Å². The minimum Gasteiger partial charge on any atom is -0.497 e. The van der Waals surface area contributed by atoms with E-state index in [0.29, 0.717) is 12.1 Å². The molecule has 0 spiro atoms. The summed E-state index contributed by atoms with van der Waals surface area (Å²) in [6, 6.07) is 13.9. The van der Waals surface area contributed by atoms with Crippen LogP contribution in [0.1, 0.15) is 41.2 Å². The van der Waals surface area contributed by atoms with Gasteiger partial charge < -0.3 is 15.0 Å². The van der Waals surface area contributed by atoms with Gasteiger partial charge >= 0.3 is 0 Å². The van der Waals surface area contributed by atoms with E-state index < -0.39 is 0 Å². The van der Waals surface area contributed by atoms with Crippen molar-refractivity contribution in [2.75, 3.05) is 26.7 Å². The van der Waals surface area contributed by atoms with Crippen LogP contribution in [0.2, 0.25) is 0 Å². The number of imidazole rings is 1. The fourth-order valence-corrected chi connectivity index (χ4v) is 3.88. The number of methoxy groups -OCH3 is 1. The Kier molecular flexibility index (Phi) is 5.58. The Labute approximate surface area is 164 Å². The van der Waals surface area contributed by atoms with Crippen LogP contribution in [0.3, 0.4) is 0 Å². The van der Waals surface area contributed by atoms with E-state index >= 15 is 0 Å². The van der Waals surface area contributed by atoms with Gasteiger partial charge in [-0.15, -0.1) is 0 Å². The Bertz CT molecular complexity index is 929. The largest absolute Gasteiger partial charge is 0.497 e. The lowest BCUT2D eigenvalue weighted by Gasteiger charge is -2.35. The predicted molar refractivity (Wildman–Crippen MR) is 110 cm³/mol. The van der Waals surface area contributed by atoms with E-state index in [9.17, 15) is 4.79 Å². The molecule has 2 aromatic carbocycles. The number of nitrogens with zero attached hydrogens (tertiary/aromatic N) is 2. The van der Waals surface area contributed by atoms with E-state index in [4.69, 9.17) is 4.74 Å². The minimum absolute atomic E-state index is 0.0629. The summed E-state index contributed by atoms with van der Waals surface area (Å²) in [5, 5.41) is 3.13. The van der Waals surface area contributed by atoms with Gasteiger partial charge in [-0.05, 0) is 61.8 Å². The molecular formula is C22H26N4O2. The zero-order valence-electron chi connectivity index (χ0n) is 16.1. The van der Waals surface area contributed by atoms with Crippen LogP contribution in [-0.2, 0) is 0 Å². The molecule has 1 atom stereocenters. The molecule has 0 radical (unpaired) electrons. The topological polar surface area (TPSA) is 70.2 Å². The van der Waals surface area contributed by atoms with E-state index in [2.05, 4.69) is 32.3 Å². The first-order valence-electron chi connectivity index (χ1n) is 9.84. The third kappa shape index (κ3) is 4.02. The number of fused-ring (bicyclic) bond motifs is 1. The van der Waals surface area contributed by atoms with Crippen molar-refractivity contribution in [1.82, 2.24) is 20.2 Å². The highest BCUT2D eigenvalue weighted by Gasteiger charge is 2.23. The Hall–Kier alpha value is -2.86. The molecule has 1 aromatic heterocycles. The molecule has 1 aliphatic rings. The van der Waals surface area contributed by atoms with Crippen molar-refractivity contribution < 1.29 is 9.53 Å². The molecule has 0 aliphatic carbocycles. The zero-order valence-corrected chi connectivity index (χ0v) is 16.1. The van der Waals surface area contributed by atoms with Crippen LogP contribution >= 0.6 is 0 Å². The second-order valence-electron chi connectivity index (χ2n) is 7.23. The Morgan fingerprint density at radius 3 is 2.71 bits per heavy atom. The summed E-state index contributed by atoms with van der Waals surface area (Å²) in [6.45, 7) is 2.70. The molecule has 2 N–H and O–H groups in total. The molecule has 146 valence electrons. The van der Waals surface area contributed by atoms with E-state index in [0.717, 1.165) is 29.9 Å². The summed E-state index contributed by atoms with van der Waals surface area (Å²) < 4.78 is 5.29. The molecule has 0 saturated carbocycles. The highest BCUT2D eigenvalue weighted by Crippen LogP contribution is 2.26. The summed E-state index contributed by atoms with van der Waals surface area (Å²) in [5.41, 5.74) is 3.58. The average Bonchev–Trinajstić information content (AvgIpc) is 3.23. The molecular weight excluding hydrogens is 352 g/mol. The van der Waals surface area contributed by atoms with Crippen molar-refractivity contribution in [2.45, 2.75) is 25.3 Å². The standard InChI is InChI=1S/C22H26N4O2/c1-28-18-8-5-16(6-9-18)21(26-11-3-2-4-12-26)14-23-22(27)17-7-10-19-20(13-17)25-15-24-19/h5-10,13,15,21H,2-4,11-12,14H2,1H3,(H,23,27)(H,24,25)/t21-/m1/s1. The zero-order chi connectivity index (χ0) is 19.3. The Balaban J connectivity index is 1.50. The van der Waals surface area contributed by atoms with E-state index in [1.54, 1.807) is 13.4 Å². The van der Waals surface area contributed by atoms with Crippen molar-refractivity contribution >= 4 is 16.9 Å². The molecule has 1 fully saturated rings. The van der Waals surface area contributed by atoms with Gasteiger partial charge in [0.1, 0.15) is 5.75 Å². The molecule has 6 nitrogen and oxygen atoms in total. The number of benzene rings is 2. The second-order valence-corrected chi connectivity index (χ2v) is 7.23. The monoisotopic (exact) mass is 378 g/mol. The SMILES string of the molecule is COc1ccc([C@@H](CNC(=O)c2ccc3nc[nH]c3c2)N2CCCCC2)cc1. The number of ether oxygens (including phenoxy) is 1. The van der Waals surface area contributed by atoms with Crippen molar-refractivity contribution in [3.05, 3.63) is 59.9 Å². The van der Waals surface area contributed by atoms with Crippen LogP contribution in [-0.4, -0.2) is 47.5 Å². The van der Waals surface area contributed by atoms with E-state index in [1.165, 1.54) is 24.8 Å². The summed E-state index contributed by atoms with van der Waals surface area (Å²) >= 11 is 0. The summed E-state index contributed by atoms with van der Waals surface area (Å²) in [6.07, 6.45) is 5.33. The summed E-state index contributed by atoms with van der Waals surface area (Å²) in [4.78, 5) is 22.5. The number of hydrogen-bond acceptors (Lipinski definition) is 4. The van der Waals surface area contributed by atoms with Gasteiger partial charge in [0.15, 0.2) is 0 Å². The first kappa shape index (κ1) is 18.5. The number of carbonyl (C=O) groups excluding carboxylic acids is 1. The summed E-state index contributed by atoms with van der Waals surface area (Å²) in [5.74, 6) is 0.782. The number of H-pyrrole nitrogens is 1. The molecule has 1 saturated heterocycles. The number of aromatic amines is 1. The fourth-order valence-electron chi connectivity index (χ4n) is 3.88. The Morgan fingerprint density at radius 1 is 1.18 bits per heavy atom. The minimum atomic E-state index is -0.0629. The van der Waals surface area contributed by atoms with Crippen molar-refractivity contribution in [2.24, 2.45) is 0 Å². The van der Waals surface area contributed by atoms with Crippen LogP contribution in [0.5, 0.6) is 5.75 Å². The molecule has 4 rings (SSSR count). The van der Waals surface area contributed by atoms with Crippen LogP contribution in [0.4, 0.5) is 0 Å². The lowest BCUT2D eigenvalue weighted by atomic mass is 10.0. The molecule has 6 heteroatoms. The highest BCUT2D eigenvalue weighted by molar-refractivity contribution is 5.97. The maximum Gasteiger partial charge on any atom is 0.251 e. The van der Waals surface area contributed by atoms with Gasteiger partial charge in [0, 0.05) is 12.1 Å². The normalized spacial score (nSPS) is 16.0. The average molecular weight is 378 g/mol. The number of rotatable bonds is 6. The predicted octanol–water partition coefficient (Wildman–Crippen LogP) is 3.53.